The van der Waals surface area contributed by atoms with Gasteiger partial charge in [0.25, 0.3) is 5.91 Å². The molecule has 0 bridgehead atoms. The van der Waals surface area contributed by atoms with Gasteiger partial charge in [-0.1, -0.05) is 5.16 Å². The third-order valence-corrected chi connectivity index (χ3v) is 4.21. The molecule has 0 spiro atoms. The van der Waals surface area contributed by atoms with Crippen LogP contribution in [0.5, 0.6) is 0 Å². The van der Waals surface area contributed by atoms with Gasteiger partial charge in [-0.05, 0) is 31.9 Å². The molecule has 1 atom stereocenters. The molecule has 0 aromatic carbocycles. The molecule has 21 heavy (non-hydrogen) atoms. The maximum absolute atomic E-state index is 12.7. The molecule has 2 aromatic rings. The highest BCUT2D eigenvalue weighted by Crippen LogP contribution is 2.26. The van der Waals surface area contributed by atoms with Crippen LogP contribution in [-0.4, -0.2) is 38.6 Å². The Bertz CT molecular complexity index is 658. The fourth-order valence-electron chi connectivity index (χ4n) is 2.84. The molecule has 6 nitrogen and oxygen atoms in total. The Labute approximate surface area is 123 Å². The largest absolute Gasteiger partial charge is 0.344 e. The average molecular weight is 288 g/mol. The van der Waals surface area contributed by atoms with Gasteiger partial charge < -0.3 is 14.0 Å². The van der Waals surface area contributed by atoms with E-state index in [1.165, 1.54) is 0 Å². The number of carbonyl (C=O) groups excluding carboxylic acids is 1. The summed E-state index contributed by atoms with van der Waals surface area (Å²) in [5.74, 6) is 1.54. The zero-order valence-electron chi connectivity index (χ0n) is 12.7. The fourth-order valence-corrected chi connectivity index (χ4v) is 2.84. The molecule has 0 saturated carbocycles. The van der Waals surface area contributed by atoms with Gasteiger partial charge in [0.1, 0.15) is 5.69 Å². The number of likely N-dealkylation sites (tertiary alicyclic amines) is 1. The van der Waals surface area contributed by atoms with Crippen LogP contribution >= 0.6 is 0 Å². The average Bonchev–Trinajstić information content (AvgIpc) is 3.06. The normalized spacial score (nSPS) is 19.0. The Kier molecular flexibility index (Phi) is 3.53. The van der Waals surface area contributed by atoms with Crippen LogP contribution in [0.3, 0.4) is 0 Å². The van der Waals surface area contributed by atoms with Gasteiger partial charge in [-0.2, -0.15) is 4.98 Å². The Morgan fingerprint density at radius 1 is 1.38 bits per heavy atom. The van der Waals surface area contributed by atoms with Gasteiger partial charge in [0, 0.05) is 38.7 Å². The van der Waals surface area contributed by atoms with E-state index in [0.717, 1.165) is 30.8 Å². The maximum atomic E-state index is 12.7. The monoisotopic (exact) mass is 288 g/mol. The molecule has 1 amide bonds. The lowest BCUT2D eigenvalue weighted by molar-refractivity contribution is 0.0693. The lowest BCUT2D eigenvalue weighted by atomic mass is 9.97. The molecule has 3 heterocycles. The van der Waals surface area contributed by atoms with Crippen LogP contribution in [0.4, 0.5) is 0 Å². The van der Waals surface area contributed by atoms with Crippen LogP contribution in [0.2, 0.25) is 0 Å². The van der Waals surface area contributed by atoms with Gasteiger partial charge in [0.2, 0.25) is 5.89 Å². The first-order valence-electron chi connectivity index (χ1n) is 7.28. The summed E-state index contributed by atoms with van der Waals surface area (Å²) in [4.78, 5) is 18.9. The van der Waals surface area contributed by atoms with E-state index in [-0.39, 0.29) is 11.8 Å². The van der Waals surface area contributed by atoms with Crippen LogP contribution in [0.15, 0.2) is 16.7 Å². The number of carbonyl (C=O) groups is 1. The number of piperidine rings is 1. The van der Waals surface area contributed by atoms with Crippen molar-refractivity contribution in [2.45, 2.75) is 32.6 Å². The van der Waals surface area contributed by atoms with E-state index in [2.05, 4.69) is 10.1 Å². The number of rotatable bonds is 2. The highest BCUT2D eigenvalue weighted by molar-refractivity contribution is 5.93. The molecule has 3 rings (SSSR count). The van der Waals surface area contributed by atoms with E-state index < -0.39 is 0 Å². The molecule has 1 fully saturated rings. The summed E-state index contributed by atoms with van der Waals surface area (Å²) >= 11 is 0. The number of amides is 1. The Morgan fingerprint density at radius 2 is 2.19 bits per heavy atom. The predicted octanol–water partition coefficient (Wildman–Crippen LogP) is 2.04. The molecule has 0 N–H and O–H groups in total. The van der Waals surface area contributed by atoms with Crippen LogP contribution in [0.25, 0.3) is 0 Å². The van der Waals surface area contributed by atoms with Crippen molar-refractivity contribution >= 4 is 5.91 Å². The summed E-state index contributed by atoms with van der Waals surface area (Å²) < 4.78 is 6.99. The van der Waals surface area contributed by atoms with Gasteiger partial charge >= 0.3 is 0 Å². The summed E-state index contributed by atoms with van der Waals surface area (Å²) in [7, 11) is 1.92. The molecular weight excluding hydrogens is 268 g/mol. The zero-order valence-corrected chi connectivity index (χ0v) is 12.7. The topological polar surface area (TPSA) is 64.2 Å². The van der Waals surface area contributed by atoms with Gasteiger partial charge in [0.15, 0.2) is 5.82 Å². The van der Waals surface area contributed by atoms with Crippen molar-refractivity contribution in [1.82, 2.24) is 19.6 Å². The van der Waals surface area contributed by atoms with Crippen molar-refractivity contribution in [1.29, 1.82) is 0 Å². The third kappa shape index (κ3) is 2.57. The molecular formula is C15H20N4O2. The van der Waals surface area contributed by atoms with Gasteiger partial charge in [-0.25, -0.2) is 0 Å². The van der Waals surface area contributed by atoms with Crippen molar-refractivity contribution in [3.8, 4) is 0 Å². The third-order valence-electron chi connectivity index (χ3n) is 4.21. The highest BCUT2D eigenvalue weighted by Gasteiger charge is 2.29. The number of hydrogen-bond acceptors (Lipinski definition) is 4. The van der Waals surface area contributed by atoms with E-state index in [9.17, 15) is 4.79 Å². The van der Waals surface area contributed by atoms with Crippen molar-refractivity contribution in [2.75, 3.05) is 13.1 Å². The number of nitrogens with zero attached hydrogens (tertiary/aromatic N) is 4. The number of aromatic nitrogens is 3. The van der Waals surface area contributed by atoms with Crippen LogP contribution in [-0.2, 0) is 7.05 Å². The molecule has 1 saturated heterocycles. The second kappa shape index (κ2) is 5.35. The molecule has 2 aromatic heterocycles. The first-order valence-corrected chi connectivity index (χ1v) is 7.28. The molecule has 1 aliphatic rings. The molecule has 1 aliphatic heterocycles. The van der Waals surface area contributed by atoms with Crippen molar-refractivity contribution in [3.05, 3.63) is 35.2 Å². The SMILES string of the molecule is Cc1nc([C@H]2CCCN(C(=O)c3ccc(C)n3C)C2)no1. The molecule has 0 unspecified atom stereocenters. The van der Waals surface area contributed by atoms with Gasteiger partial charge in [-0.15, -0.1) is 0 Å². The highest BCUT2D eigenvalue weighted by atomic mass is 16.5. The quantitative estimate of drug-likeness (QED) is 0.848. The van der Waals surface area contributed by atoms with Crippen LogP contribution in [0, 0.1) is 13.8 Å². The number of hydrogen-bond donors (Lipinski definition) is 0. The zero-order chi connectivity index (χ0) is 15.0. The Balaban J connectivity index is 1.77. The first-order chi connectivity index (χ1) is 10.1. The molecule has 0 aliphatic carbocycles. The minimum atomic E-state index is 0.0792. The van der Waals surface area contributed by atoms with Gasteiger partial charge in [0.05, 0.1) is 0 Å². The molecule has 0 radical (unpaired) electrons. The summed E-state index contributed by atoms with van der Waals surface area (Å²) in [6, 6.07) is 3.86. The Morgan fingerprint density at radius 3 is 2.81 bits per heavy atom. The predicted molar refractivity (Wildman–Crippen MR) is 77.1 cm³/mol. The van der Waals surface area contributed by atoms with Crippen molar-refractivity contribution in [3.63, 3.8) is 0 Å². The van der Waals surface area contributed by atoms with Gasteiger partial charge in [-0.3, -0.25) is 4.79 Å². The van der Waals surface area contributed by atoms with E-state index in [4.69, 9.17) is 4.52 Å². The maximum Gasteiger partial charge on any atom is 0.270 e. The lowest BCUT2D eigenvalue weighted by Crippen LogP contribution is -2.40. The minimum absolute atomic E-state index is 0.0792. The minimum Gasteiger partial charge on any atom is -0.344 e. The second-order valence-electron chi connectivity index (χ2n) is 5.68. The molecule has 6 heteroatoms. The second-order valence-corrected chi connectivity index (χ2v) is 5.68. The smallest absolute Gasteiger partial charge is 0.270 e. The summed E-state index contributed by atoms with van der Waals surface area (Å²) in [5, 5.41) is 4.00. The lowest BCUT2D eigenvalue weighted by Gasteiger charge is -2.31. The van der Waals surface area contributed by atoms with E-state index in [1.54, 1.807) is 6.92 Å². The standard InChI is InChI=1S/C15H20N4O2/c1-10-6-7-13(18(10)3)15(20)19-8-4-5-12(9-19)14-16-11(2)21-17-14/h6-7,12H,4-5,8-9H2,1-3H3/t12-/m0/s1. The number of aryl methyl sites for hydroxylation is 2. The van der Waals surface area contributed by atoms with E-state index in [0.29, 0.717) is 18.3 Å². The fraction of sp³-hybridized carbons (Fsp3) is 0.533. The summed E-state index contributed by atoms with van der Waals surface area (Å²) in [6.45, 7) is 5.23. The van der Waals surface area contributed by atoms with Crippen molar-refractivity contribution < 1.29 is 9.32 Å². The van der Waals surface area contributed by atoms with E-state index in [1.807, 2.05) is 35.6 Å². The Hall–Kier alpha value is -2.11. The van der Waals surface area contributed by atoms with Crippen molar-refractivity contribution in [2.24, 2.45) is 7.05 Å². The summed E-state index contributed by atoms with van der Waals surface area (Å²) in [6.07, 6.45) is 1.96. The van der Waals surface area contributed by atoms with Crippen LogP contribution < -0.4 is 0 Å². The summed E-state index contributed by atoms with van der Waals surface area (Å²) in [5.41, 5.74) is 1.82. The van der Waals surface area contributed by atoms with E-state index >= 15 is 0 Å². The van der Waals surface area contributed by atoms with Crippen LogP contribution in [0.1, 0.15) is 46.7 Å². The molecule has 112 valence electrons. The first kappa shape index (κ1) is 13.9.